The van der Waals surface area contributed by atoms with Gasteiger partial charge in [0.15, 0.2) is 17.5 Å². The minimum Gasteiger partial charge on any atom is -0.208 e. The highest BCUT2D eigenvalue weighted by atomic mass is 15.0. The van der Waals surface area contributed by atoms with Crippen molar-refractivity contribution in [2.24, 2.45) is 0 Å². The maximum absolute atomic E-state index is 4.95. The molecule has 1 heterocycles. The molecule has 9 aromatic rings. The lowest BCUT2D eigenvalue weighted by Crippen LogP contribution is -2.00. The Morgan fingerprint density at radius 2 is 0.352 bits per heavy atom. The van der Waals surface area contributed by atoms with Crippen LogP contribution in [-0.4, -0.2) is 15.0 Å². The zero-order valence-electron chi connectivity index (χ0n) is 29.5. The molecule has 3 nitrogen and oxygen atoms in total. The summed E-state index contributed by atoms with van der Waals surface area (Å²) in [6.07, 6.45) is 0. The Hall–Kier alpha value is -7.23. The molecule has 0 saturated heterocycles. The first kappa shape index (κ1) is 32.7. The third-order valence-corrected chi connectivity index (χ3v) is 9.76. The van der Waals surface area contributed by atoms with Crippen LogP contribution in [0.2, 0.25) is 0 Å². The molecule has 0 N–H and O–H groups in total. The van der Waals surface area contributed by atoms with Crippen LogP contribution in [-0.2, 0) is 0 Å². The third-order valence-electron chi connectivity index (χ3n) is 9.76. The summed E-state index contributed by atoms with van der Waals surface area (Å²) < 4.78 is 0. The van der Waals surface area contributed by atoms with Crippen LogP contribution >= 0.6 is 0 Å². The molecule has 0 bridgehead atoms. The maximum atomic E-state index is 4.95. The van der Waals surface area contributed by atoms with Crippen molar-refractivity contribution in [3.63, 3.8) is 0 Å². The smallest absolute Gasteiger partial charge is 0.164 e. The second-order valence-electron chi connectivity index (χ2n) is 13.3. The van der Waals surface area contributed by atoms with Crippen molar-refractivity contribution in [1.29, 1.82) is 0 Å². The van der Waals surface area contributed by atoms with Gasteiger partial charge in [-0.25, -0.2) is 15.0 Å². The maximum Gasteiger partial charge on any atom is 0.164 e. The van der Waals surface area contributed by atoms with Crippen LogP contribution in [0.25, 0.3) is 89.8 Å². The van der Waals surface area contributed by atoms with E-state index in [4.69, 9.17) is 15.0 Å². The van der Waals surface area contributed by atoms with Gasteiger partial charge in [0.1, 0.15) is 0 Å². The first-order valence-corrected chi connectivity index (χ1v) is 18.2. The Kier molecular flexibility index (Phi) is 8.94. The lowest BCUT2D eigenvalue weighted by atomic mass is 9.92. The summed E-state index contributed by atoms with van der Waals surface area (Å²) in [7, 11) is 0. The molecule has 0 amide bonds. The van der Waals surface area contributed by atoms with Gasteiger partial charge in [0.05, 0.1) is 0 Å². The lowest BCUT2D eigenvalue weighted by molar-refractivity contribution is 1.07. The van der Waals surface area contributed by atoms with E-state index in [0.29, 0.717) is 17.5 Å². The number of benzene rings is 8. The van der Waals surface area contributed by atoms with E-state index in [2.05, 4.69) is 152 Å². The van der Waals surface area contributed by atoms with E-state index in [9.17, 15) is 0 Å². The molecule has 254 valence electrons. The zero-order chi connectivity index (χ0) is 36.1. The van der Waals surface area contributed by atoms with Gasteiger partial charge in [-0.15, -0.1) is 0 Å². The van der Waals surface area contributed by atoms with Crippen LogP contribution in [0.3, 0.4) is 0 Å². The van der Waals surface area contributed by atoms with Crippen molar-refractivity contribution < 1.29 is 0 Å². The van der Waals surface area contributed by atoms with E-state index in [-0.39, 0.29) is 0 Å². The van der Waals surface area contributed by atoms with E-state index in [1.165, 1.54) is 33.4 Å². The molecule has 0 fully saturated rings. The summed E-state index contributed by atoms with van der Waals surface area (Å²) in [5.41, 5.74) is 14.6. The quantitative estimate of drug-likeness (QED) is 0.159. The van der Waals surface area contributed by atoms with Crippen LogP contribution in [0.1, 0.15) is 0 Å². The Balaban J connectivity index is 1.10. The summed E-state index contributed by atoms with van der Waals surface area (Å²) >= 11 is 0. The minimum atomic E-state index is 0.640. The van der Waals surface area contributed by atoms with Crippen LogP contribution in [0.5, 0.6) is 0 Å². The summed E-state index contributed by atoms with van der Waals surface area (Å²) in [5, 5.41) is 0. The highest BCUT2D eigenvalue weighted by Gasteiger charge is 2.14. The largest absolute Gasteiger partial charge is 0.208 e. The normalized spacial score (nSPS) is 11.0. The Morgan fingerprint density at radius 1 is 0.167 bits per heavy atom. The molecule has 0 unspecified atom stereocenters. The summed E-state index contributed by atoms with van der Waals surface area (Å²) in [6, 6.07) is 74.4. The van der Waals surface area contributed by atoms with Gasteiger partial charge in [0.25, 0.3) is 0 Å². The summed E-state index contributed by atoms with van der Waals surface area (Å²) in [4.78, 5) is 14.8. The van der Waals surface area contributed by atoms with Crippen LogP contribution in [0.4, 0.5) is 0 Å². The number of hydrogen-bond donors (Lipinski definition) is 0. The van der Waals surface area contributed by atoms with Gasteiger partial charge in [-0.1, -0.05) is 194 Å². The van der Waals surface area contributed by atoms with Crippen molar-refractivity contribution in [1.82, 2.24) is 15.0 Å². The molecule has 0 radical (unpaired) electrons. The molecule has 0 atom stereocenters. The fourth-order valence-electron chi connectivity index (χ4n) is 6.85. The molecule has 0 spiro atoms. The molecule has 8 aromatic carbocycles. The zero-order valence-corrected chi connectivity index (χ0v) is 29.5. The first-order valence-electron chi connectivity index (χ1n) is 18.2. The molecule has 9 rings (SSSR count). The predicted octanol–water partition coefficient (Wildman–Crippen LogP) is 13.2. The van der Waals surface area contributed by atoms with Gasteiger partial charge in [-0.05, 0) is 73.8 Å². The first-order chi connectivity index (χ1) is 26.7. The molecule has 0 aliphatic carbocycles. The van der Waals surface area contributed by atoms with Gasteiger partial charge in [0.2, 0.25) is 0 Å². The topological polar surface area (TPSA) is 38.7 Å². The van der Waals surface area contributed by atoms with E-state index >= 15 is 0 Å². The molecule has 0 aliphatic rings. The average Bonchev–Trinajstić information content (AvgIpc) is 3.27. The van der Waals surface area contributed by atoms with Gasteiger partial charge in [-0.3, -0.25) is 0 Å². The Bertz CT molecular complexity index is 2480. The van der Waals surface area contributed by atoms with Crippen LogP contribution in [0, 0.1) is 0 Å². The van der Waals surface area contributed by atoms with Gasteiger partial charge < -0.3 is 0 Å². The van der Waals surface area contributed by atoms with Crippen LogP contribution < -0.4 is 0 Å². The molecule has 1 aromatic heterocycles. The van der Waals surface area contributed by atoms with E-state index in [0.717, 1.165) is 38.9 Å². The number of aromatic nitrogens is 3. The number of rotatable bonds is 8. The number of nitrogens with zero attached hydrogens (tertiary/aromatic N) is 3. The van der Waals surface area contributed by atoms with Gasteiger partial charge >= 0.3 is 0 Å². The molecule has 0 saturated carbocycles. The molecule has 0 aliphatic heterocycles. The summed E-state index contributed by atoms with van der Waals surface area (Å²) in [5.74, 6) is 1.94. The van der Waals surface area contributed by atoms with Crippen molar-refractivity contribution in [2.75, 3.05) is 0 Å². The highest BCUT2D eigenvalue weighted by Crippen LogP contribution is 2.36. The molecular weight excluding hydrogens is 655 g/mol. The predicted molar refractivity (Wildman–Crippen MR) is 223 cm³/mol. The number of hydrogen-bond acceptors (Lipinski definition) is 3. The van der Waals surface area contributed by atoms with Crippen molar-refractivity contribution in [3.05, 3.63) is 212 Å². The Morgan fingerprint density at radius 3 is 0.630 bits per heavy atom. The second-order valence-corrected chi connectivity index (χ2v) is 13.3. The Labute approximate surface area is 316 Å². The fraction of sp³-hybridized carbons (Fsp3) is 0. The average molecular weight is 690 g/mol. The summed E-state index contributed by atoms with van der Waals surface area (Å²) in [6.45, 7) is 0. The van der Waals surface area contributed by atoms with E-state index in [1.54, 1.807) is 0 Å². The monoisotopic (exact) mass is 689 g/mol. The van der Waals surface area contributed by atoms with Crippen molar-refractivity contribution in [2.45, 2.75) is 0 Å². The second kappa shape index (κ2) is 14.8. The van der Waals surface area contributed by atoms with E-state index < -0.39 is 0 Å². The SMILES string of the molecule is c1ccc(-c2ccc(-c3cc(-c4ccc(-c5ccccc5)cc4)cc(-c4ccc(-c5nc(-c6ccccc6)nc(-c6ccccc6)n5)cc4)c3)cc2)cc1. The van der Waals surface area contributed by atoms with E-state index in [1.807, 2.05) is 60.7 Å². The molecule has 3 heteroatoms. The fourth-order valence-corrected chi connectivity index (χ4v) is 6.85. The molecule has 54 heavy (non-hydrogen) atoms. The van der Waals surface area contributed by atoms with Crippen molar-refractivity contribution >= 4 is 0 Å². The highest BCUT2D eigenvalue weighted by molar-refractivity contribution is 5.83. The standard InChI is InChI=1S/C51H35N3/c1-5-13-36(14-6-1)38-21-25-40(26-22-38)46-33-47(41-27-23-39(24-28-41)37-15-7-2-8-16-37)35-48(34-46)42-29-31-45(32-30-42)51-53-49(43-17-9-3-10-18-43)52-50(54-51)44-19-11-4-12-20-44/h1-35H. The van der Waals surface area contributed by atoms with Gasteiger partial charge in [-0.2, -0.15) is 0 Å². The lowest BCUT2D eigenvalue weighted by Gasteiger charge is -2.13. The minimum absolute atomic E-state index is 0.640. The van der Waals surface area contributed by atoms with Crippen LogP contribution in [0.15, 0.2) is 212 Å². The van der Waals surface area contributed by atoms with Crippen molar-refractivity contribution in [3.8, 4) is 89.8 Å². The molecular formula is C51H35N3. The third kappa shape index (κ3) is 6.99. The van der Waals surface area contributed by atoms with Gasteiger partial charge in [0, 0.05) is 16.7 Å².